The van der Waals surface area contributed by atoms with Crippen molar-refractivity contribution in [3.8, 4) is 5.69 Å². The van der Waals surface area contributed by atoms with E-state index in [0.29, 0.717) is 22.6 Å². The number of carbonyl (C=O) groups excluding carboxylic acids is 1. The van der Waals surface area contributed by atoms with Gasteiger partial charge in [0.15, 0.2) is 0 Å². The van der Waals surface area contributed by atoms with Crippen molar-refractivity contribution in [2.24, 2.45) is 0 Å². The number of carbonyl (C=O) groups is 1. The molecule has 1 heterocycles. The average Bonchev–Trinajstić information content (AvgIpc) is 3.11. The zero-order valence-corrected chi connectivity index (χ0v) is 14.9. The number of rotatable bonds is 5. The third-order valence-electron chi connectivity index (χ3n) is 3.51. The van der Waals surface area contributed by atoms with Crippen LogP contribution >= 0.6 is 0 Å². The van der Waals surface area contributed by atoms with Crippen LogP contribution in [-0.2, 0) is 10.0 Å². The number of nitrogens with zero attached hydrogens (tertiary/aromatic N) is 4. The highest BCUT2D eigenvalue weighted by Crippen LogP contribution is 2.22. The molecule has 0 spiro atoms. The molecule has 10 heteroatoms. The van der Waals surface area contributed by atoms with Crippen molar-refractivity contribution in [3.63, 3.8) is 0 Å². The number of sulfonamides is 1. The van der Waals surface area contributed by atoms with Gasteiger partial charge in [-0.2, -0.15) is 0 Å². The van der Waals surface area contributed by atoms with Crippen LogP contribution in [0.3, 0.4) is 0 Å². The third-order valence-corrected chi connectivity index (χ3v) is 4.10. The second-order valence-corrected chi connectivity index (χ2v) is 7.41. The van der Waals surface area contributed by atoms with Gasteiger partial charge in [-0.15, -0.1) is 5.10 Å². The van der Waals surface area contributed by atoms with E-state index >= 15 is 0 Å². The van der Waals surface area contributed by atoms with Gasteiger partial charge in [-0.3, -0.25) is 9.52 Å². The van der Waals surface area contributed by atoms with E-state index in [0.717, 1.165) is 11.8 Å². The van der Waals surface area contributed by atoms with E-state index < -0.39 is 10.0 Å². The molecule has 0 atom stereocenters. The first-order valence-electron chi connectivity index (χ1n) is 7.55. The van der Waals surface area contributed by atoms with Gasteiger partial charge in [0, 0.05) is 11.3 Å². The van der Waals surface area contributed by atoms with Crippen molar-refractivity contribution in [3.05, 3.63) is 59.9 Å². The number of hydrogen-bond acceptors (Lipinski definition) is 6. The van der Waals surface area contributed by atoms with Crippen molar-refractivity contribution < 1.29 is 13.2 Å². The molecule has 0 unspecified atom stereocenters. The highest BCUT2D eigenvalue weighted by Gasteiger charge is 2.11. The van der Waals surface area contributed by atoms with Crippen LogP contribution in [0.1, 0.15) is 15.9 Å². The maximum Gasteiger partial charge on any atom is 0.255 e. The second kappa shape index (κ2) is 6.92. The molecule has 0 aliphatic heterocycles. The molecule has 0 saturated heterocycles. The summed E-state index contributed by atoms with van der Waals surface area (Å²) in [5.41, 5.74) is 2.68. The van der Waals surface area contributed by atoms with Gasteiger partial charge in [0.05, 0.1) is 17.6 Å². The van der Waals surface area contributed by atoms with Crippen LogP contribution in [0, 0.1) is 6.92 Å². The van der Waals surface area contributed by atoms with E-state index in [1.165, 1.54) is 11.0 Å². The van der Waals surface area contributed by atoms with Gasteiger partial charge in [0.1, 0.15) is 6.33 Å². The first kappa shape index (κ1) is 17.5. The highest BCUT2D eigenvalue weighted by atomic mass is 32.2. The smallest absolute Gasteiger partial charge is 0.255 e. The summed E-state index contributed by atoms with van der Waals surface area (Å²) in [5, 5.41) is 13.7. The summed E-state index contributed by atoms with van der Waals surface area (Å²) < 4.78 is 26.7. The highest BCUT2D eigenvalue weighted by molar-refractivity contribution is 7.92. The molecule has 2 N–H and O–H groups in total. The molecule has 0 saturated carbocycles. The number of hydrogen-bond donors (Lipinski definition) is 2. The summed E-state index contributed by atoms with van der Waals surface area (Å²) in [6.07, 6.45) is 2.50. The van der Waals surface area contributed by atoms with E-state index in [9.17, 15) is 13.2 Å². The molecule has 9 nitrogen and oxygen atoms in total. The molecule has 2 aromatic carbocycles. The van der Waals surface area contributed by atoms with Crippen LogP contribution in [-0.4, -0.2) is 40.8 Å². The molecule has 3 rings (SSSR count). The van der Waals surface area contributed by atoms with Crippen LogP contribution in [0.15, 0.2) is 48.8 Å². The number of aromatic nitrogens is 4. The molecular weight excluding hydrogens is 356 g/mol. The quantitative estimate of drug-likeness (QED) is 0.702. The van der Waals surface area contributed by atoms with E-state index in [2.05, 4.69) is 25.6 Å². The molecule has 0 aliphatic rings. The van der Waals surface area contributed by atoms with Gasteiger partial charge in [0.25, 0.3) is 5.91 Å². The first-order valence-corrected chi connectivity index (χ1v) is 9.44. The lowest BCUT2D eigenvalue weighted by molar-refractivity contribution is 0.102. The second-order valence-electron chi connectivity index (χ2n) is 5.66. The summed E-state index contributed by atoms with van der Waals surface area (Å²) in [4.78, 5) is 12.5. The van der Waals surface area contributed by atoms with Crippen LogP contribution in [0.2, 0.25) is 0 Å². The molecule has 1 aromatic heterocycles. The number of nitrogens with one attached hydrogen (secondary N) is 2. The van der Waals surface area contributed by atoms with Crippen molar-refractivity contribution >= 4 is 27.3 Å². The number of benzene rings is 2. The Morgan fingerprint density at radius 1 is 1.15 bits per heavy atom. The Balaban J connectivity index is 1.82. The van der Waals surface area contributed by atoms with Gasteiger partial charge < -0.3 is 5.32 Å². The van der Waals surface area contributed by atoms with E-state index in [4.69, 9.17) is 0 Å². The Morgan fingerprint density at radius 3 is 2.65 bits per heavy atom. The predicted molar refractivity (Wildman–Crippen MR) is 96.8 cm³/mol. The van der Waals surface area contributed by atoms with Crippen LogP contribution < -0.4 is 10.0 Å². The Hall–Kier alpha value is -3.27. The molecule has 0 fully saturated rings. The Morgan fingerprint density at radius 2 is 1.96 bits per heavy atom. The number of aryl methyl sites for hydroxylation is 1. The van der Waals surface area contributed by atoms with Gasteiger partial charge in [-0.05, 0) is 53.2 Å². The normalized spacial score (nSPS) is 11.2. The topological polar surface area (TPSA) is 119 Å². The first-order chi connectivity index (χ1) is 12.3. The molecule has 0 bridgehead atoms. The van der Waals surface area contributed by atoms with Crippen LogP contribution in [0.25, 0.3) is 5.69 Å². The zero-order chi connectivity index (χ0) is 18.7. The van der Waals surface area contributed by atoms with E-state index in [-0.39, 0.29) is 5.91 Å². The van der Waals surface area contributed by atoms with Crippen molar-refractivity contribution in [2.45, 2.75) is 6.92 Å². The van der Waals surface area contributed by atoms with Crippen molar-refractivity contribution in [1.82, 2.24) is 20.2 Å². The molecule has 1 amide bonds. The molecule has 0 radical (unpaired) electrons. The van der Waals surface area contributed by atoms with Crippen LogP contribution in [0.5, 0.6) is 0 Å². The zero-order valence-electron chi connectivity index (χ0n) is 14.0. The van der Waals surface area contributed by atoms with Gasteiger partial charge >= 0.3 is 0 Å². The summed E-state index contributed by atoms with van der Waals surface area (Å²) in [6, 6.07) is 11.8. The van der Waals surface area contributed by atoms with Gasteiger partial charge in [0.2, 0.25) is 10.0 Å². The minimum absolute atomic E-state index is 0.339. The lowest BCUT2D eigenvalue weighted by atomic mass is 10.1. The Labute approximate surface area is 150 Å². The van der Waals surface area contributed by atoms with Crippen molar-refractivity contribution in [1.29, 1.82) is 0 Å². The summed E-state index contributed by atoms with van der Waals surface area (Å²) in [6.45, 7) is 1.77. The average molecular weight is 372 g/mol. The SMILES string of the molecule is Cc1ccc(NC(=O)c2cccc(-n3cnnn3)c2)cc1NS(C)(=O)=O. The minimum atomic E-state index is -3.41. The Kier molecular flexibility index (Phi) is 4.67. The number of tetrazole rings is 1. The fourth-order valence-corrected chi connectivity index (χ4v) is 2.90. The maximum absolute atomic E-state index is 12.5. The lowest BCUT2D eigenvalue weighted by Crippen LogP contribution is -2.14. The largest absolute Gasteiger partial charge is 0.322 e. The fourth-order valence-electron chi connectivity index (χ4n) is 2.28. The summed E-state index contributed by atoms with van der Waals surface area (Å²) >= 11 is 0. The third kappa shape index (κ3) is 4.22. The van der Waals surface area contributed by atoms with E-state index in [1.807, 2.05) is 0 Å². The number of anilines is 2. The standard InChI is InChI=1S/C16H16N6O3S/c1-11-6-7-13(9-15(11)19-26(2,24)25)18-16(23)12-4-3-5-14(8-12)22-10-17-20-21-22/h3-10,19H,1-2H3,(H,18,23). The summed E-state index contributed by atoms with van der Waals surface area (Å²) in [5.74, 6) is -0.339. The lowest BCUT2D eigenvalue weighted by Gasteiger charge is -2.11. The Bertz CT molecular complexity index is 1050. The van der Waals surface area contributed by atoms with Gasteiger partial charge in [-0.1, -0.05) is 12.1 Å². The summed E-state index contributed by atoms with van der Waals surface area (Å²) in [7, 11) is -3.41. The number of amides is 1. The molecule has 134 valence electrons. The predicted octanol–water partition coefficient (Wildman–Crippen LogP) is 1.59. The monoisotopic (exact) mass is 372 g/mol. The van der Waals surface area contributed by atoms with Crippen molar-refractivity contribution in [2.75, 3.05) is 16.3 Å². The molecular formula is C16H16N6O3S. The fraction of sp³-hybridized carbons (Fsp3) is 0.125. The molecule has 0 aliphatic carbocycles. The molecule has 26 heavy (non-hydrogen) atoms. The maximum atomic E-state index is 12.5. The molecule has 3 aromatic rings. The minimum Gasteiger partial charge on any atom is -0.322 e. The van der Waals surface area contributed by atoms with Crippen LogP contribution in [0.4, 0.5) is 11.4 Å². The van der Waals surface area contributed by atoms with Gasteiger partial charge in [-0.25, -0.2) is 13.1 Å². The van der Waals surface area contributed by atoms with E-state index in [1.54, 1.807) is 49.4 Å².